The number of anilines is 1. The van der Waals surface area contributed by atoms with Gasteiger partial charge in [0.15, 0.2) is 5.69 Å². The molecule has 1 N–H and O–H groups in total. The summed E-state index contributed by atoms with van der Waals surface area (Å²) in [7, 11) is 1.70. The Morgan fingerprint density at radius 2 is 2.40 bits per heavy atom. The third kappa shape index (κ3) is 2.16. The molecule has 1 amide bonds. The van der Waals surface area contributed by atoms with Crippen molar-refractivity contribution >= 4 is 11.6 Å². The van der Waals surface area contributed by atoms with E-state index in [1.807, 2.05) is 0 Å². The van der Waals surface area contributed by atoms with Crippen LogP contribution in [-0.2, 0) is 7.05 Å². The number of hydrogen-bond donors (Lipinski definition) is 1. The molecule has 0 bridgehead atoms. The second kappa shape index (κ2) is 3.87. The smallest absolute Gasteiger partial charge is 0.277 e. The van der Waals surface area contributed by atoms with Crippen molar-refractivity contribution in [1.82, 2.24) is 20.0 Å². The SMILES string of the molecule is Cn1cc(C(=O)Nc2cccnc2)nn1. The Balaban J connectivity index is 2.11. The fraction of sp³-hybridized carbons (Fsp3) is 0.111. The van der Waals surface area contributed by atoms with E-state index in [2.05, 4.69) is 20.6 Å². The number of carbonyl (C=O) groups is 1. The fourth-order valence-corrected chi connectivity index (χ4v) is 1.08. The van der Waals surface area contributed by atoms with Gasteiger partial charge in [0, 0.05) is 13.2 Å². The number of hydrogen-bond acceptors (Lipinski definition) is 4. The Hall–Kier alpha value is -2.24. The lowest BCUT2D eigenvalue weighted by atomic mass is 10.4. The van der Waals surface area contributed by atoms with E-state index >= 15 is 0 Å². The second-order valence-corrected chi connectivity index (χ2v) is 2.97. The zero-order valence-electron chi connectivity index (χ0n) is 8.08. The quantitative estimate of drug-likeness (QED) is 0.769. The summed E-state index contributed by atoms with van der Waals surface area (Å²) in [5.41, 5.74) is 0.912. The average molecular weight is 203 g/mol. The molecule has 2 rings (SSSR count). The number of aryl methyl sites for hydroxylation is 1. The fourth-order valence-electron chi connectivity index (χ4n) is 1.08. The zero-order valence-corrected chi connectivity index (χ0v) is 8.08. The van der Waals surface area contributed by atoms with Gasteiger partial charge in [-0.25, -0.2) is 0 Å². The summed E-state index contributed by atoms with van der Waals surface area (Å²) in [5.74, 6) is -0.295. The standard InChI is InChI=1S/C9H9N5O/c1-14-6-8(12-13-14)9(15)11-7-3-2-4-10-5-7/h2-6H,1H3,(H,11,15). The molecule has 6 heteroatoms. The van der Waals surface area contributed by atoms with Crippen LogP contribution in [0, 0.1) is 0 Å². The van der Waals surface area contributed by atoms with Crippen molar-refractivity contribution in [2.24, 2.45) is 7.05 Å². The Kier molecular flexibility index (Phi) is 2.40. The van der Waals surface area contributed by atoms with Crippen LogP contribution in [-0.4, -0.2) is 25.9 Å². The summed E-state index contributed by atoms with van der Waals surface area (Å²) in [6.45, 7) is 0. The molecule has 2 aromatic heterocycles. The lowest BCUT2D eigenvalue weighted by molar-refractivity contribution is 0.102. The molecular weight excluding hydrogens is 194 g/mol. The molecule has 15 heavy (non-hydrogen) atoms. The van der Waals surface area contributed by atoms with E-state index < -0.39 is 0 Å². The molecule has 2 heterocycles. The number of carbonyl (C=O) groups excluding carboxylic acids is 1. The van der Waals surface area contributed by atoms with Crippen molar-refractivity contribution < 1.29 is 4.79 Å². The van der Waals surface area contributed by atoms with Gasteiger partial charge in [0.25, 0.3) is 5.91 Å². The van der Waals surface area contributed by atoms with Gasteiger partial charge in [-0.2, -0.15) is 0 Å². The molecule has 0 aliphatic rings. The van der Waals surface area contributed by atoms with Crippen LogP contribution in [0.3, 0.4) is 0 Å². The van der Waals surface area contributed by atoms with Crippen LogP contribution in [0.1, 0.15) is 10.5 Å². The first-order chi connectivity index (χ1) is 7.25. The summed E-state index contributed by atoms with van der Waals surface area (Å²) in [6.07, 6.45) is 4.75. The van der Waals surface area contributed by atoms with Gasteiger partial charge in [0.2, 0.25) is 0 Å². The van der Waals surface area contributed by atoms with Crippen LogP contribution in [0.4, 0.5) is 5.69 Å². The lowest BCUT2D eigenvalue weighted by Crippen LogP contribution is -2.12. The highest BCUT2D eigenvalue weighted by Crippen LogP contribution is 2.04. The number of aromatic nitrogens is 4. The Labute approximate surface area is 85.9 Å². The Morgan fingerprint density at radius 1 is 1.53 bits per heavy atom. The van der Waals surface area contributed by atoms with Crippen molar-refractivity contribution in [2.45, 2.75) is 0 Å². The first kappa shape index (κ1) is 9.32. The molecule has 0 aromatic carbocycles. The van der Waals surface area contributed by atoms with Crippen LogP contribution >= 0.6 is 0 Å². The van der Waals surface area contributed by atoms with Gasteiger partial charge in [-0.15, -0.1) is 5.10 Å². The first-order valence-corrected chi connectivity index (χ1v) is 4.33. The maximum atomic E-state index is 11.6. The van der Waals surface area contributed by atoms with Gasteiger partial charge in [-0.1, -0.05) is 5.21 Å². The molecule has 0 spiro atoms. The summed E-state index contributed by atoms with van der Waals surface area (Å²) < 4.78 is 1.47. The van der Waals surface area contributed by atoms with Gasteiger partial charge in [0.05, 0.1) is 18.1 Å². The highest BCUT2D eigenvalue weighted by Gasteiger charge is 2.09. The number of pyridine rings is 1. The molecule has 0 saturated heterocycles. The zero-order chi connectivity index (χ0) is 10.7. The van der Waals surface area contributed by atoms with E-state index in [9.17, 15) is 4.79 Å². The van der Waals surface area contributed by atoms with E-state index in [0.29, 0.717) is 5.69 Å². The third-order valence-electron chi connectivity index (χ3n) is 1.75. The van der Waals surface area contributed by atoms with Gasteiger partial charge in [-0.05, 0) is 12.1 Å². The van der Waals surface area contributed by atoms with Gasteiger partial charge in [0.1, 0.15) is 0 Å². The van der Waals surface area contributed by atoms with E-state index in [1.165, 1.54) is 4.68 Å². The maximum absolute atomic E-state index is 11.6. The van der Waals surface area contributed by atoms with E-state index in [4.69, 9.17) is 0 Å². The monoisotopic (exact) mass is 203 g/mol. The van der Waals surface area contributed by atoms with Crippen molar-refractivity contribution in [3.63, 3.8) is 0 Å². The summed E-state index contributed by atoms with van der Waals surface area (Å²) >= 11 is 0. The molecule has 0 aliphatic heterocycles. The summed E-state index contributed by atoms with van der Waals surface area (Å²) in [5, 5.41) is 10.0. The minimum atomic E-state index is -0.295. The van der Waals surface area contributed by atoms with Gasteiger partial charge >= 0.3 is 0 Å². The Morgan fingerprint density at radius 3 is 3.00 bits per heavy atom. The first-order valence-electron chi connectivity index (χ1n) is 4.33. The van der Waals surface area contributed by atoms with E-state index in [0.717, 1.165) is 0 Å². The Bertz CT molecular complexity index is 464. The molecule has 6 nitrogen and oxygen atoms in total. The summed E-state index contributed by atoms with van der Waals surface area (Å²) in [6, 6.07) is 3.49. The van der Waals surface area contributed by atoms with Crippen molar-refractivity contribution in [3.05, 3.63) is 36.4 Å². The van der Waals surface area contributed by atoms with Crippen LogP contribution < -0.4 is 5.32 Å². The molecule has 0 unspecified atom stereocenters. The van der Waals surface area contributed by atoms with Crippen molar-refractivity contribution in [1.29, 1.82) is 0 Å². The minimum absolute atomic E-state index is 0.279. The number of nitrogens with one attached hydrogen (secondary N) is 1. The van der Waals surface area contributed by atoms with Crippen LogP contribution in [0.15, 0.2) is 30.7 Å². The minimum Gasteiger partial charge on any atom is -0.319 e. The number of nitrogens with zero attached hydrogens (tertiary/aromatic N) is 4. The topological polar surface area (TPSA) is 72.7 Å². The largest absolute Gasteiger partial charge is 0.319 e. The predicted molar refractivity (Wildman–Crippen MR) is 53.2 cm³/mol. The van der Waals surface area contributed by atoms with Crippen LogP contribution in [0.5, 0.6) is 0 Å². The van der Waals surface area contributed by atoms with Gasteiger partial charge < -0.3 is 5.32 Å². The van der Waals surface area contributed by atoms with E-state index in [-0.39, 0.29) is 11.6 Å². The molecule has 0 saturated carbocycles. The molecule has 0 aliphatic carbocycles. The molecule has 76 valence electrons. The van der Waals surface area contributed by atoms with Gasteiger partial charge in [-0.3, -0.25) is 14.5 Å². The third-order valence-corrected chi connectivity index (χ3v) is 1.75. The molecule has 2 aromatic rings. The average Bonchev–Trinajstić information content (AvgIpc) is 2.66. The van der Waals surface area contributed by atoms with Crippen LogP contribution in [0.25, 0.3) is 0 Å². The molecule has 0 radical (unpaired) electrons. The number of rotatable bonds is 2. The van der Waals surface area contributed by atoms with Crippen molar-refractivity contribution in [3.8, 4) is 0 Å². The molecule has 0 atom stereocenters. The predicted octanol–water partition coefficient (Wildman–Crippen LogP) is 0.462. The van der Waals surface area contributed by atoms with E-state index in [1.54, 1.807) is 37.8 Å². The van der Waals surface area contributed by atoms with Crippen molar-refractivity contribution in [2.75, 3.05) is 5.32 Å². The molecular formula is C9H9N5O. The number of amides is 1. The normalized spacial score (nSPS) is 9.93. The highest BCUT2D eigenvalue weighted by atomic mass is 16.2. The second-order valence-electron chi connectivity index (χ2n) is 2.97. The lowest BCUT2D eigenvalue weighted by Gasteiger charge is -2.00. The summed E-state index contributed by atoms with van der Waals surface area (Å²) in [4.78, 5) is 15.5. The maximum Gasteiger partial charge on any atom is 0.277 e. The van der Waals surface area contributed by atoms with Crippen LogP contribution in [0.2, 0.25) is 0 Å². The highest BCUT2D eigenvalue weighted by molar-refractivity contribution is 6.02. The molecule has 0 fully saturated rings.